The van der Waals surface area contributed by atoms with Crippen LogP contribution in [0.25, 0.3) is 0 Å². The number of amides is 1. The number of carbonyl (C=O) groups excluding carboxylic acids is 1. The first kappa shape index (κ1) is 17.7. The minimum atomic E-state index is -2.94. The molecule has 0 saturated carbocycles. The van der Waals surface area contributed by atoms with E-state index in [1.54, 1.807) is 30.3 Å². The summed E-state index contributed by atoms with van der Waals surface area (Å²) in [5.41, 5.74) is 1.85. The molecule has 2 heterocycles. The van der Waals surface area contributed by atoms with Gasteiger partial charge in [0.05, 0.1) is 17.1 Å². The zero-order valence-corrected chi connectivity index (χ0v) is 15.2. The van der Waals surface area contributed by atoms with E-state index >= 15 is 0 Å². The van der Waals surface area contributed by atoms with E-state index < -0.39 is 9.84 Å². The lowest BCUT2D eigenvalue weighted by Crippen LogP contribution is -2.21. The van der Waals surface area contributed by atoms with Gasteiger partial charge in [-0.05, 0) is 43.2 Å². The molecule has 1 fully saturated rings. The molecule has 1 aromatic heterocycles. The maximum Gasteiger partial charge on any atom is 0.257 e. The van der Waals surface area contributed by atoms with Gasteiger partial charge in [-0.1, -0.05) is 17.7 Å². The zero-order chi connectivity index (χ0) is 18.0. The fourth-order valence-corrected chi connectivity index (χ4v) is 4.52. The Labute approximate surface area is 151 Å². The number of nitrogens with one attached hydrogen (secondary N) is 2. The number of hydrogen-bond donors (Lipinski definition) is 2. The third-order valence-electron chi connectivity index (χ3n) is 4.13. The predicted molar refractivity (Wildman–Crippen MR) is 99.1 cm³/mol. The topological polar surface area (TPSA) is 88.2 Å². The molecule has 1 amide bonds. The predicted octanol–water partition coefficient (Wildman–Crippen LogP) is 2.89. The van der Waals surface area contributed by atoms with Gasteiger partial charge in [0.1, 0.15) is 5.82 Å². The van der Waals surface area contributed by atoms with Crippen molar-refractivity contribution < 1.29 is 13.2 Å². The number of halogens is 1. The molecule has 1 aliphatic heterocycles. The molecule has 0 aliphatic carbocycles. The molecule has 0 radical (unpaired) electrons. The lowest BCUT2D eigenvalue weighted by molar-refractivity contribution is 0.102. The number of aromatic nitrogens is 1. The molecular weight excluding hydrogens is 362 g/mol. The largest absolute Gasteiger partial charge is 0.366 e. The third-order valence-corrected chi connectivity index (χ3v) is 6.30. The molecule has 8 heteroatoms. The van der Waals surface area contributed by atoms with Crippen molar-refractivity contribution in [3.63, 3.8) is 0 Å². The van der Waals surface area contributed by atoms with Crippen molar-refractivity contribution in [1.82, 2.24) is 4.98 Å². The Bertz CT molecular complexity index is 898. The van der Waals surface area contributed by atoms with Crippen LogP contribution >= 0.6 is 11.6 Å². The maximum atomic E-state index is 12.3. The van der Waals surface area contributed by atoms with E-state index in [1.807, 2.05) is 6.92 Å². The van der Waals surface area contributed by atoms with E-state index in [1.165, 1.54) is 6.20 Å². The van der Waals surface area contributed by atoms with E-state index in [0.29, 0.717) is 28.5 Å². The summed E-state index contributed by atoms with van der Waals surface area (Å²) in [6, 6.07) is 8.50. The smallest absolute Gasteiger partial charge is 0.257 e. The van der Waals surface area contributed by atoms with Crippen LogP contribution in [0.4, 0.5) is 11.5 Å². The van der Waals surface area contributed by atoms with Crippen molar-refractivity contribution in [2.24, 2.45) is 0 Å². The number of benzene rings is 1. The highest BCUT2D eigenvalue weighted by atomic mass is 35.5. The van der Waals surface area contributed by atoms with E-state index in [9.17, 15) is 13.2 Å². The molecule has 132 valence electrons. The zero-order valence-electron chi connectivity index (χ0n) is 13.6. The number of carbonyl (C=O) groups is 1. The third kappa shape index (κ3) is 4.29. The second kappa shape index (κ2) is 7.01. The second-order valence-electron chi connectivity index (χ2n) is 6.04. The van der Waals surface area contributed by atoms with Gasteiger partial charge in [-0.2, -0.15) is 0 Å². The Hall–Kier alpha value is -2.12. The summed E-state index contributed by atoms with van der Waals surface area (Å²) in [7, 11) is -2.94. The van der Waals surface area contributed by atoms with Crippen LogP contribution in [0.3, 0.4) is 0 Å². The summed E-state index contributed by atoms with van der Waals surface area (Å²) in [6.45, 7) is 1.83. The minimum Gasteiger partial charge on any atom is -0.366 e. The van der Waals surface area contributed by atoms with E-state index in [0.717, 1.165) is 5.56 Å². The Morgan fingerprint density at radius 1 is 1.28 bits per heavy atom. The van der Waals surface area contributed by atoms with Gasteiger partial charge >= 0.3 is 0 Å². The van der Waals surface area contributed by atoms with Gasteiger partial charge in [0.25, 0.3) is 5.91 Å². The van der Waals surface area contributed by atoms with Gasteiger partial charge < -0.3 is 10.6 Å². The second-order valence-corrected chi connectivity index (χ2v) is 8.68. The van der Waals surface area contributed by atoms with Crippen LogP contribution in [-0.4, -0.2) is 36.9 Å². The van der Waals surface area contributed by atoms with E-state index in [-0.39, 0.29) is 23.5 Å². The first-order valence-corrected chi connectivity index (χ1v) is 10.0. The summed E-state index contributed by atoms with van der Waals surface area (Å²) < 4.78 is 23.0. The lowest BCUT2D eigenvalue weighted by atomic mass is 10.2. The highest BCUT2D eigenvalue weighted by Gasteiger charge is 2.27. The van der Waals surface area contributed by atoms with Crippen LogP contribution in [0.2, 0.25) is 5.02 Å². The molecule has 1 atom stereocenters. The van der Waals surface area contributed by atoms with Crippen molar-refractivity contribution >= 4 is 38.9 Å². The lowest BCUT2D eigenvalue weighted by Gasteiger charge is -2.12. The van der Waals surface area contributed by atoms with Crippen molar-refractivity contribution in [1.29, 1.82) is 0 Å². The standard InChI is InChI=1S/C17H18ClN3O3S/c1-11-14(18)3-2-4-15(11)21-17(22)12-5-6-16(19-9-12)20-13-7-8-25(23,24)10-13/h2-6,9,13H,7-8,10H2,1H3,(H,19,20)(H,21,22). The molecule has 1 saturated heterocycles. The summed E-state index contributed by atoms with van der Waals surface area (Å²) in [5, 5.41) is 6.48. The fraction of sp³-hybridized carbons (Fsp3) is 0.294. The van der Waals surface area contributed by atoms with Crippen LogP contribution < -0.4 is 10.6 Å². The minimum absolute atomic E-state index is 0.116. The molecule has 0 bridgehead atoms. The number of rotatable bonds is 4. The van der Waals surface area contributed by atoms with Crippen molar-refractivity contribution in [2.75, 3.05) is 22.1 Å². The van der Waals surface area contributed by atoms with Gasteiger partial charge in [-0.15, -0.1) is 0 Å². The Balaban J connectivity index is 1.65. The molecule has 1 aromatic carbocycles. The van der Waals surface area contributed by atoms with Gasteiger partial charge in [-0.25, -0.2) is 13.4 Å². The van der Waals surface area contributed by atoms with Gasteiger partial charge in [0, 0.05) is 22.9 Å². The quantitative estimate of drug-likeness (QED) is 0.852. The fourth-order valence-electron chi connectivity index (χ4n) is 2.67. The van der Waals surface area contributed by atoms with Crippen LogP contribution in [0.5, 0.6) is 0 Å². The Morgan fingerprint density at radius 3 is 2.72 bits per heavy atom. The molecule has 2 aromatic rings. The first-order valence-electron chi connectivity index (χ1n) is 7.83. The monoisotopic (exact) mass is 379 g/mol. The van der Waals surface area contributed by atoms with Crippen LogP contribution in [0.1, 0.15) is 22.3 Å². The van der Waals surface area contributed by atoms with E-state index in [4.69, 9.17) is 11.6 Å². The molecular formula is C17H18ClN3O3S. The molecule has 2 N–H and O–H groups in total. The SMILES string of the molecule is Cc1c(Cl)cccc1NC(=O)c1ccc(NC2CCS(=O)(=O)C2)nc1. The summed E-state index contributed by atoms with van der Waals surface area (Å²) in [6.07, 6.45) is 2.03. The van der Waals surface area contributed by atoms with Crippen LogP contribution in [-0.2, 0) is 9.84 Å². The molecule has 1 aliphatic rings. The number of hydrogen-bond acceptors (Lipinski definition) is 5. The normalized spacial score (nSPS) is 18.7. The molecule has 1 unspecified atom stereocenters. The molecule has 6 nitrogen and oxygen atoms in total. The van der Waals surface area contributed by atoms with Crippen LogP contribution in [0.15, 0.2) is 36.5 Å². The van der Waals surface area contributed by atoms with Crippen LogP contribution in [0, 0.1) is 6.92 Å². The molecule has 3 rings (SSSR count). The Kier molecular flexibility index (Phi) is 4.96. The number of sulfone groups is 1. The highest BCUT2D eigenvalue weighted by molar-refractivity contribution is 7.91. The number of anilines is 2. The van der Waals surface area contributed by atoms with Gasteiger partial charge in [0.2, 0.25) is 0 Å². The van der Waals surface area contributed by atoms with Gasteiger partial charge in [-0.3, -0.25) is 4.79 Å². The van der Waals surface area contributed by atoms with Crippen molar-refractivity contribution in [2.45, 2.75) is 19.4 Å². The Morgan fingerprint density at radius 2 is 2.08 bits per heavy atom. The van der Waals surface area contributed by atoms with Gasteiger partial charge in [0.15, 0.2) is 9.84 Å². The average Bonchev–Trinajstić information content (AvgIpc) is 2.91. The van der Waals surface area contributed by atoms with Crippen molar-refractivity contribution in [3.05, 3.63) is 52.7 Å². The summed E-state index contributed by atoms with van der Waals surface area (Å²) >= 11 is 6.05. The average molecular weight is 380 g/mol. The first-order chi connectivity index (χ1) is 11.8. The van der Waals surface area contributed by atoms with E-state index in [2.05, 4.69) is 15.6 Å². The maximum absolute atomic E-state index is 12.3. The molecule has 25 heavy (non-hydrogen) atoms. The molecule has 0 spiro atoms. The highest BCUT2D eigenvalue weighted by Crippen LogP contribution is 2.23. The number of pyridine rings is 1. The summed E-state index contributed by atoms with van der Waals surface area (Å²) in [5.74, 6) is 0.584. The number of nitrogens with zero attached hydrogens (tertiary/aromatic N) is 1. The van der Waals surface area contributed by atoms with Crippen molar-refractivity contribution in [3.8, 4) is 0 Å². The summed E-state index contributed by atoms with van der Waals surface area (Å²) in [4.78, 5) is 16.5.